The smallest absolute Gasteiger partial charge is 0.264 e. The molecule has 0 amide bonds. The van der Waals surface area contributed by atoms with Gasteiger partial charge in [0, 0.05) is 24.2 Å². The first kappa shape index (κ1) is 8.56. The Morgan fingerprint density at radius 3 is 2.95 bits per heavy atom. The molecule has 5 heteroatoms. The number of pyridine rings is 2. The second kappa shape index (κ2) is 3.49. The maximum absolute atomic E-state index is 8.11. The Hall–Kier alpha value is -2.69. The first-order chi connectivity index (χ1) is 11.5. The molecule has 0 aromatic carbocycles. The lowest BCUT2D eigenvalue weighted by Gasteiger charge is -1.97. The zero-order chi connectivity index (χ0) is 16.6. The van der Waals surface area contributed by atoms with E-state index in [1.54, 1.807) is 18.6 Å². The average molecular weight is 279 g/mol. The normalized spacial score (nSPS) is 15.8. The summed E-state index contributed by atoms with van der Waals surface area (Å²) in [6.45, 7) is -1.66. The number of rotatable bonds is 0. The summed E-state index contributed by atoms with van der Waals surface area (Å²) in [4.78, 5) is 8.36. The fourth-order valence-electron chi connectivity index (χ4n) is 3.46. The quantitative estimate of drug-likeness (QED) is 0.405. The third kappa shape index (κ3) is 1.15. The molecule has 5 rings (SSSR count). The Morgan fingerprint density at radius 1 is 1.19 bits per heavy atom. The van der Waals surface area contributed by atoms with Gasteiger partial charge in [-0.3, -0.25) is 19.1 Å². The summed E-state index contributed by atoms with van der Waals surface area (Å²) >= 11 is 0. The van der Waals surface area contributed by atoms with E-state index < -0.39 is 6.98 Å². The molecular formula is C16H14N5+. The van der Waals surface area contributed by atoms with E-state index in [9.17, 15) is 0 Å². The first-order valence-electron chi connectivity index (χ1n) is 8.29. The predicted molar refractivity (Wildman–Crippen MR) is 79.7 cm³/mol. The van der Waals surface area contributed by atoms with Crippen LogP contribution in [0.15, 0.2) is 36.9 Å². The lowest BCUT2D eigenvalue weighted by molar-refractivity contribution is -0.648. The molecule has 1 aliphatic rings. The van der Waals surface area contributed by atoms with Gasteiger partial charge in [-0.2, -0.15) is 0 Å². The summed E-state index contributed by atoms with van der Waals surface area (Å²) in [7, 11) is 1.95. The maximum atomic E-state index is 8.11. The van der Waals surface area contributed by atoms with E-state index in [2.05, 4.69) is 14.5 Å². The van der Waals surface area contributed by atoms with Crippen molar-refractivity contribution in [3.05, 3.63) is 42.5 Å². The molecule has 0 radical (unpaired) electrons. The summed E-state index contributed by atoms with van der Waals surface area (Å²) < 4.78 is 29.9. The van der Waals surface area contributed by atoms with Gasteiger partial charge in [0.1, 0.15) is 5.52 Å². The molecule has 1 aliphatic heterocycles. The molecule has 5 nitrogen and oxygen atoms in total. The summed E-state index contributed by atoms with van der Waals surface area (Å²) in [6, 6.07) is 3.77. The van der Waals surface area contributed by atoms with E-state index in [1.165, 1.54) is 4.57 Å². The van der Waals surface area contributed by atoms with Crippen molar-refractivity contribution in [3.63, 3.8) is 0 Å². The van der Waals surface area contributed by atoms with Crippen LogP contribution in [0.25, 0.3) is 33.5 Å². The van der Waals surface area contributed by atoms with Crippen LogP contribution in [0.5, 0.6) is 0 Å². The summed E-state index contributed by atoms with van der Waals surface area (Å²) in [5, 5.41) is 0.899. The van der Waals surface area contributed by atoms with Crippen LogP contribution in [-0.4, -0.2) is 19.1 Å². The van der Waals surface area contributed by atoms with Gasteiger partial charge in [-0.1, -0.05) is 0 Å². The van der Waals surface area contributed by atoms with Crippen LogP contribution in [0, 0.1) is 0 Å². The van der Waals surface area contributed by atoms with Crippen molar-refractivity contribution >= 4 is 22.1 Å². The predicted octanol–water partition coefficient (Wildman–Crippen LogP) is 1.78. The fraction of sp³-hybridized carbons (Fsp3) is 0.188. The third-order valence-electron chi connectivity index (χ3n) is 4.37. The molecule has 0 fully saturated rings. The monoisotopic (exact) mass is 279 g/mol. The second-order valence-electron chi connectivity index (χ2n) is 5.40. The van der Waals surface area contributed by atoms with E-state index in [0.717, 1.165) is 33.2 Å². The Balaban J connectivity index is 2.05. The Bertz CT molecular complexity index is 1140. The molecule has 21 heavy (non-hydrogen) atoms. The molecule has 5 heterocycles. The van der Waals surface area contributed by atoms with Gasteiger partial charge in [-0.15, -0.1) is 0 Å². The van der Waals surface area contributed by atoms with Gasteiger partial charge < -0.3 is 0 Å². The molecule has 4 aromatic heterocycles. The third-order valence-corrected chi connectivity index (χ3v) is 4.37. The minimum absolute atomic E-state index is 0.621. The zero-order valence-electron chi connectivity index (χ0n) is 14.4. The Labute approximate surface area is 125 Å². The molecule has 0 bridgehead atoms. The SMILES string of the molecule is [2H]C([2H])([2H])n1c2[n+](c3c1c1ccncc1n3C)Cc1cnccc1-2. The van der Waals surface area contributed by atoms with E-state index in [-0.39, 0.29) is 0 Å². The highest BCUT2D eigenvalue weighted by Gasteiger charge is 2.34. The summed E-state index contributed by atoms with van der Waals surface area (Å²) in [5.74, 6) is 0.715. The molecule has 0 saturated heterocycles. The van der Waals surface area contributed by atoms with Gasteiger partial charge in [0.2, 0.25) is 5.82 Å². The van der Waals surface area contributed by atoms with Crippen molar-refractivity contribution in [2.45, 2.75) is 6.54 Å². The van der Waals surface area contributed by atoms with Crippen molar-refractivity contribution in [1.82, 2.24) is 19.1 Å². The molecule has 0 N–H and O–H groups in total. The molecule has 0 saturated carbocycles. The lowest BCUT2D eigenvalue weighted by atomic mass is 10.2. The topological polar surface area (TPSA) is 39.5 Å². The van der Waals surface area contributed by atoms with Gasteiger partial charge in [-0.25, -0.2) is 4.57 Å². The zero-order valence-corrected chi connectivity index (χ0v) is 11.4. The fourth-order valence-corrected chi connectivity index (χ4v) is 3.46. The van der Waals surface area contributed by atoms with E-state index in [4.69, 9.17) is 4.11 Å². The largest absolute Gasteiger partial charge is 0.269 e. The maximum Gasteiger partial charge on any atom is 0.269 e. The number of nitrogens with zero attached hydrogens (tertiary/aromatic N) is 5. The van der Waals surface area contributed by atoms with Crippen LogP contribution in [-0.2, 0) is 20.6 Å². The standard InChI is InChI=1S/C16H14N5/c1-19-13-8-18-6-4-12(13)14-16(19)21-9-10-7-17-5-3-11(10)15(21)20(14)2/h3-8H,9H2,1-2H3/q+1/i2D3. The Kier molecular flexibility index (Phi) is 1.42. The van der Waals surface area contributed by atoms with Crippen LogP contribution in [0.3, 0.4) is 0 Å². The second-order valence-corrected chi connectivity index (χ2v) is 5.40. The van der Waals surface area contributed by atoms with Crippen LogP contribution in [0.1, 0.15) is 9.68 Å². The van der Waals surface area contributed by atoms with Crippen molar-refractivity contribution in [2.75, 3.05) is 0 Å². The molecule has 0 spiro atoms. The lowest BCUT2D eigenvalue weighted by Crippen LogP contribution is -2.33. The number of hydrogen-bond acceptors (Lipinski definition) is 2. The minimum atomic E-state index is -2.28. The number of fused-ring (bicyclic) bond motifs is 7. The van der Waals surface area contributed by atoms with E-state index in [0.29, 0.717) is 12.4 Å². The molecule has 4 aromatic rings. The first-order valence-corrected chi connectivity index (χ1v) is 6.79. The highest BCUT2D eigenvalue weighted by atomic mass is 15.2. The van der Waals surface area contributed by atoms with Gasteiger partial charge in [-0.05, 0) is 12.1 Å². The molecular weight excluding hydrogens is 262 g/mol. The minimum Gasteiger partial charge on any atom is -0.264 e. The van der Waals surface area contributed by atoms with Crippen LogP contribution < -0.4 is 4.57 Å². The summed E-state index contributed by atoms with van der Waals surface area (Å²) in [6.07, 6.45) is 6.99. The van der Waals surface area contributed by atoms with Gasteiger partial charge in [0.05, 0.1) is 41.8 Å². The number of aromatic nitrogens is 5. The number of aryl methyl sites for hydroxylation is 2. The van der Waals surface area contributed by atoms with Crippen molar-refractivity contribution in [2.24, 2.45) is 14.0 Å². The van der Waals surface area contributed by atoms with Crippen LogP contribution in [0.2, 0.25) is 0 Å². The number of hydrogen-bond donors (Lipinski definition) is 0. The van der Waals surface area contributed by atoms with Crippen molar-refractivity contribution in [3.8, 4) is 11.4 Å². The van der Waals surface area contributed by atoms with Gasteiger partial charge in [0.15, 0.2) is 5.52 Å². The highest BCUT2D eigenvalue weighted by molar-refractivity contribution is 6.04. The van der Waals surface area contributed by atoms with Crippen LogP contribution >= 0.6 is 0 Å². The molecule has 0 atom stereocenters. The van der Waals surface area contributed by atoms with Gasteiger partial charge >= 0.3 is 0 Å². The van der Waals surface area contributed by atoms with E-state index in [1.807, 2.05) is 29.9 Å². The number of imidazole rings is 1. The van der Waals surface area contributed by atoms with Crippen LogP contribution in [0.4, 0.5) is 0 Å². The molecule has 102 valence electrons. The van der Waals surface area contributed by atoms with E-state index >= 15 is 0 Å². The molecule has 0 unspecified atom stereocenters. The van der Waals surface area contributed by atoms with Crippen molar-refractivity contribution in [1.29, 1.82) is 0 Å². The average Bonchev–Trinajstić information content (AvgIpc) is 3.15. The van der Waals surface area contributed by atoms with Crippen molar-refractivity contribution < 1.29 is 8.68 Å². The summed E-state index contributed by atoms with van der Waals surface area (Å²) in [5.41, 5.74) is 4.51. The Morgan fingerprint density at radius 2 is 2.05 bits per heavy atom. The van der Waals surface area contributed by atoms with Gasteiger partial charge in [0.25, 0.3) is 5.65 Å². The molecule has 0 aliphatic carbocycles. The highest BCUT2D eigenvalue weighted by Crippen LogP contribution is 2.34.